The van der Waals surface area contributed by atoms with Gasteiger partial charge < -0.3 is 15.2 Å². The van der Waals surface area contributed by atoms with Gasteiger partial charge in [0.2, 0.25) is 0 Å². The van der Waals surface area contributed by atoms with Crippen LogP contribution in [0.1, 0.15) is 11.1 Å². The van der Waals surface area contributed by atoms with E-state index in [4.69, 9.17) is 4.74 Å². The number of hydrogen-bond acceptors (Lipinski definition) is 3. The van der Waals surface area contributed by atoms with Crippen molar-refractivity contribution < 1.29 is 14.6 Å². The van der Waals surface area contributed by atoms with Crippen molar-refractivity contribution in [3.05, 3.63) is 58.1 Å². The molecule has 1 unspecified atom stereocenters. The van der Waals surface area contributed by atoms with Gasteiger partial charge in [-0.1, -0.05) is 34.1 Å². The van der Waals surface area contributed by atoms with Crippen LogP contribution in [-0.4, -0.2) is 18.1 Å². The third-order valence-corrected chi connectivity index (χ3v) is 4.18. The van der Waals surface area contributed by atoms with Gasteiger partial charge in [-0.05, 0) is 29.8 Å². The molecule has 1 heterocycles. The molecule has 1 aliphatic heterocycles. The molecule has 0 spiro atoms. The molecule has 0 aliphatic carbocycles. The number of anilines is 1. The summed E-state index contributed by atoms with van der Waals surface area (Å²) < 4.78 is 6.18. The molecule has 21 heavy (non-hydrogen) atoms. The first-order chi connectivity index (χ1) is 10.0. The van der Waals surface area contributed by atoms with E-state index >= 15 is 0 Å². The lowest BCUT2D eigenvalue weighted by molar-refractivity contribution is -0.133. The van der Waals surface area contributed by atoms with Crippen LogP contribution in [0.3, 0.4) is 0 Å². The minimum atomic E-state index is -1.58. The molecule has 0 aromatic heterocycles. The Bertz CT molecular complexity index is 716. The smallest absolute Gasteiger partial charge is 0.261 e. The third kappa shape index (κ3) is 2.32. The molecule has 0 bridgehead atoms. The molecular weight excluding hydrogens is 334 g/mol. The monoisotopic (exact) mass is 347 g/mol. The average molecular weight is 348 g/mol. The number of fused-ring (bicyclic) bond motifs is 1. The van der Waals surface area contributed by atoms with Gasteiger partial charge in [0.05, 0.1) is 7.11 Å². The zero-order valence-corrected chi connectivity index (χ0v) is 13.0. The summed E-state index contributed by atoms with van der Waals surface area (Å²) in [7, 11) is 1.57. The summed E-state index contributed by atoms with van der Waals surface area (Å²) in [5.74, 6) is 0.231. The fourth-order valence-electron chi connectivity index (χ4n) is 2.64. The summed E-state index contributed by atoms with van der Waals surface area (Å²) >= 11 is 3.40. The Morgan fingerprint density at radius 1 is 1.29 bits per heavy atom. The maximum absolute atomic E-state index is 12.2. The van der Waals surface area contributed by atoms with Crippen molar-refractivity contribution in [2.75, 3.05) is 12.4 Å². The summed E-state index contributed by atoms with van der Waals surface area (Å²) in [6, 6.07) is 12.7. The number of methoxy groups -OCH3 is 1. The number of hydrogen-bond donors (Lipinski definition) is 2. The lowest BCUT2D eigenvalue weighted by Gasteiger charge is -2.22. The van der Waals surface area contributed by atoms with Crippen LogP contribution in [0.25, 0.3) is 0 Å². The van der Waals surface area contributed by atoms with Gasteiger partial charge in [-0.25, -0.2) is 0 Å². The van der Waals surface area contributed by atoms with E-state index in [2.05, 4.69) is 21.2 Å². The average Bonchev–Trinajstić information content (AvgIpc) is 2.71. The van der Waals surface area contributed by atoms with Gasteiger partial charge in [0, 0.05) is 22.1 Å². The van der Waals surface area contributed by atoms with Crippen LogP contribution in [0.5, 0.6) is 5.75 Å². The van der Waals surface area contributed by atoms with Crippen LogP contribution in [0.2, 0.25) is 0 Å². The molecule has 1 amide bonds. The molecule has 1 atom stereocenters. The second kappa shape index (κ2) is 5.16. The molecular formula is C16H14BrNO3. The zero-order chi connectivity index (χ0) is 15.0. The number of aliphatic hydroxyl groups is 1. The Morgan fingerprint density at radius 2 is 2.05 bits per heavy atom. The number of para-hydroxylation sites is 1. The van der Waals surface area contributed by atoms with E-state index in [-0.39, 0.29) is 6.42 Å². The highest BCUT2D eigenvalue weighted by atomic mass is 79.9. The highest BCUT2D eigenvalue weighted by Crippen LogP contribution is 2.40. The highest BCUT2D eigenvalue weighted by Gasteiger charge is 2.45. The first-order valence-electron chi connectivity index (χ1n) is 6.50. The lowest BCUT2D eigenvalue weighted by Crippen LogP contribution is -2.36. The van der Waals surface area contributed by atoms with Gasteiger partial charge in [0.25, 0.3) is 5.91 Å². The number of nitrogens with one attached hydrogen (secondary N) is 1. The fraction of sp³-hybridized carbons (Fsp3) is 0.188. The second-order valence-electron chi connectivity index (χ2n) is 4.99. The number of amides is 1. The van der Waals surface area contributed by atoms with E-state index in [9.17, 15) is 9.90 Å². The molecule has 5 heteroatoms. The van der Waals surface area contributed by atoms with Crippen LogP contribution in [0.15, 0.2) is 46.9 Å². The Balaban J connectivity index is 2.05. The number of halogens is 1. The van der Waals surface area contributed by atoms with Gasteiger partial charge in [-0.2, -0.15) is 0 Å². The molecule has 108 valence electrons. The van der Waals surface area contributed by atoms with Crippen molar-refractivity contribution in [3.63, 3.8) is 0 Å². The standard InChI is InChI=1S/C16H14BrNO3/c1-21-14-7-6-11(17)8-10(14)9-16(20)12-4-2-3-5-13(12)18-15(16)19/h2-8,20H,9H2,1H3,(H,18,19). The summed E-state index contributed by atoms with van der Waals surface area (Å²) in [5.41, 5.74) is 0.433. The van der Waals surface area contributed by atoms with Crippen molar-refractivity contribution in [2.24, 2.45) is 0 Å². The summed E-state index contributed by atoms with van der Waals surface area (Å²) in [4.78, 5) is 12.2. The first-order valence-corrected chi connectivity index (χ1v) is 7.29. The Labute approximate surface area is 130 Å². The minimum absolute atomic E-state index is 0.151. The van der Waals surface area contributed by atoms with E-state index in [1.807, 2.05) is 30.3 Å². The van der Waals surface area contributed by atoms with Crippen molar-refractivity contribution in [1.29, 1.82) is 0 Å². The molecule has 2 N–H and O–H groups in total. The van der Waals surface area contributed by atoms with Gasteiger partial charge >= 0.3 is 0 Å². The third-order valence-electron chi connectivity index (χ3n) is 3.69. The predicted octanol–water partition coefficient (Wildman–Crippen LogP) is 2.84. The molecule has 4 nitrogen and oxygen atoms in total. The fourth-order valence-corrected chi connectivity index (χ4v) is 3.05. The zero-order valence-electron chi connectivity index (χ0n) is 11.4. The second-order valence-corrected chi connectivity index (χ2v) is 5.91. The van der Waals surface area contributed by atoms with E-state index < -0.39 is 11.5 Å². The maximum Gasteiger partial charge on any atom is 0.261 e. The number of carbonyl (C=O) groups excluding carboxylic acids is 1. The molecule has 1 aliphatic rings. The number of carbonyl (C=O) groups is 1. The van der Waals surface area contributed by atoms with E-state index in [0.29, 0.717) is 17.0 Å². The van der Waals surface area contributed by atoms with Gasteiger partial charge in [0.1, 0.15) is 5.75 Å². The van der Waals surface area contributed by atoms with Gasteiger partial charge in [0.15, 0.2) is 5.60 Å². The van der Waals surface area contributed by atoms with Crippen LogP contribution in [-0.2, 0) is 16.8 Å². The molecule has 2 aromatic rings. The van der Waals surface area contributed by atoms with Crippen molar-refractivity contribution in [1.82, 2.24) is 0 Å². The summed E-state index contributed by atoms with van der Waals surface area (Å²) in [6.45, 7) is 0. The van der Waals surface area contributed by atoms with Crippen LogP contribution < -0.4 is 10.1 Å². The molecule has 2 aromatic carbocycles. The van der Waals surface area contributed by atoms with E-state index in [0.717, 1.165) is 10.0 Å². The van der Waals surface area contributed by atoms with E-state index in [1.54, 1.807) is 19.2 Å². The van der Waals surface area contributed by atoms with Crippen molar-refractivity contribution >= 4 is 27.5 Å². The molecule has 0 saturated carbocycles. The molecule has 0 saturated heterocycles. The largest absolute Gasteiger partial charge is 0.496 e. The molecule has 0 fully saturated rings. The maximum atomic E-state index is 12.2. The highest BCUT2D eigenvalue weighted by molar-refractivity contribution is 9.10. The number of ether oxygens (including phenoxy) is 1. The van der Waals surface area contributed by atoms with Crippen molar-refractivity contribution in [2.45, 2.75) is 12.0 Å². The van der Waals surface area contributed by atoms with Crippen LogP contribution in [0, 0.1) is 0 Å². The van der Waals surface area contributed by atoms with Crippen LogP contribution >= 0.6 is 15.9 Å². The van der Waals surface area contributed by atoms with Gasteiger partial charge in [-0.3, -0.25) is 4.79 Å². The summed E-state index contributed by atoms with van der Waals surface area (Å²) in [6.07, 6.45) is 0.151. The Hall–Kier alpha value is -1.85. The molecule has 3 rings (SSSR count). The Morgan fingerprint density at radius 3 is 2.81 bits per heavy atom. The number of benzene rings is 2. The Kier molecular flexibility index (Phi) is 3.47. The minimum Gasteiger partial charge on any atom is -0.496 e. The lowest BCUT2D eigenvalue weighted by atomic mass is 9.88. The quantitative estimate of drug-likeness (QED) is 0.897. The SMILES string of the molecule is COc1ccc(Br)cc1CC1(O)C(=O)Nc2ccccc21. The predicted molar refractivity (Wildman–Crippen MR) is 83.4 cm³/mol. The number of rotatable bonds is 3. The topological polar surface area (TPSA) is 58.6 Å². The molecule has 0 radical (unpaired) electrons. The van der Waals surface area contributed by atoms with Crippen molar-refractivity contribution in [3.8, 4) is 5.75 Å². The van der Waals surface area contributed by atoms with Gasteiger partial charge in [-0.15, -0.1) is 0 Å². The van der Waals surface area contributed by atoms with E-state index in [1.165, 1.54) is 0 Å². The van der Waals surface area contributed by atoms with Crippen LogP contribution in [0.4, 0.5) is 5.69 Å². The summed E-state index contributed by atoms with van der Waals surface area (Å²) in [5, 5.41) is 13.6. The normalized spacial score (nSPS) is 20.0. The first kappa shape index (κ1) is 14.1.